The highest BCUT2D eigenvalue weighted by molar-refractivity contribution is 5.95. The number of phenolic OH excluding ortho intramolecular Hbond substituents is 1. The summed E-state index contributed by atoms with van der Waals surface area (Å²) < 4.78 is 37.4. The predicted molar refractivity (Wildman–Crippen MR) is 70.1 cm³/mol. The number of carbonyl (C=O) groups is 1. The molecule has 0 radical (unpaired) electrons. The number of amides is 1. The lowest BCUT2D eigenvalue weighted by Gasteiger charge is -2.31. The molecule has 0 spiro atoms. The zero-order valence-electron chi connectivity index (χ0n) is 11.6. The fourth-order valence-electron chi connectivity index (χ4n) is 2.22. The topological polar surface area (TPSA) is 67.8 Å². The second-order valence-corrected chi connectivity index (χ2v) is 4.69. The number of rotatable bonds is 4. The smallest absolute Gasteiger partial charge is 0.254 e. The molecule has 116 valence electrons. The number of halogens is 2. The van der Waals surface area contributed by atoms with Crippen LogP contribution in [0.15, 0.2) is 12.1 Å². The van der Waals surface area contributed by atoms with Crippen molar-refractivity contribution in [2.75, 3.05) is 19.8 Å². The van der Waals surface area contributed by atoms with E-state index in [1.54, 1.807) is 0 Å². The number of aromatic hydroxyl groups is 1. The molecule has 1 aromatic carbocycles. The van der Waals surface area contributed by atoms with Crippen LogP contribution in [0.1, 0.15) is 23.7 Å². The van der Waals surface area contributed by atoms with Gasteiger partial charge in [-0.3, -0.25) is 4.79 Å². The lowest BCUT2D eigenvalue weighted by atomic mass is 10.0. The van der Waals surface area contributed by atoms with E-state index in [4.69, 9.17) is 9.47 Å². The fraction of sp³-hybridized carbons (Fsp3) is 0.500. The highest BCUT2D eigenvalue weighted by Crippen LogP contribution is 2.23. The lowest BCUT2D eigenvalue weighted by molar-refractivity contribution is -0.0632. The molecule has 5 nitrogen and oxygen atoms in total. The van der Waals surface area contributed by atoms with E-state index in [1.165, 1.54) is 0 Å². The Bertz CT molecular complexity index is 522. The number of carbonyl (C=O) groups excluding carboxylic acids is 1. The second kappa shape index (κ2) is 6.82. The molecule has 1 fully saturated rings. The molecule has 0 bridgehead atoms. The maximum Gasteiger partial charge on any atom is 0.254 e. The average molecular weight is 301 g/mol. The molecule has 21 heavy (non-hydrogen) atoms. The molecule has 1 aliphatic rings. The van der Waals surface area contributed by atoms with Gasteiger partial charge in [0, 0.05) is 13.2 Å². The maximum absolute atomic E-state index is 13.7. The highest BCUT2D eigenvalue weighted by atomic mass is 19.1. The first-order valence-corrected chi connectivity index (χ1v) is 6.71. The average Bonchev–Trinajstić information content (AvgIpc) is 2.47. The van der Waals surface area contributed by atoms with Crippen LogP contribution in [0.4, 0.5) is 8.78 Å². The van der Waals surface area contributed by atoms with E-state index in [-0.39, 0.29) is 12.1 Å². The lowest BCUT2D eigenvalue weighted by Crippen LogP contribution is -2.50. The van der Waals surface area contributed by atoms with Crippen LogP contribution in [0, 0.1) is 11.6 Å². The Labute approximate surface area is 120 Å². The van der Waals surface area contributed by atoms with Gasteiger partial charge in [-0.15, -0.1) is 0 Å². The number of hydrogen-bond acceptors (Lipinski definition) is 4. The number of hydrogen-bond donors (Lipinski definition) is 2. The molecule has 2 unspecified atom stereocenters. The monoisotopic (exact) mass is 301 g/mol. The summed E-state index contributed by atoms with van der Waals surface area (Å²) in [5.74, 6) is -4.26. The molecule has 1 amide bonds. The van der Waals surface area contributed by atoms with Crippen LogP contribution in [0.2, 0.25) is 0 Å². The Morgan fingerprint density at radius 3 is 3.00 bits per heavy atom. The summed E-state index contributed by atoms with van der Waals surface area (Å²) in [6, 6.07) is 1.52. The Balaban J connectivity index is 2.11. The Kier molecular flexibility index (Phi) is 5.08. The van der Waals surface area contributed by atoms with Gasteiger partial charge in [0.15, 0.2) is 17.4 Å². The third-order valence-electron chi connectivity index (χ3n) is 3.31. The van der Waals surface area contributed by atoms with Crippen LogP contribution >= 0.6 is 0 Å². The molecule has 0 aromatic heterocycles. The van der Waals surface area contributed by atoms with Crippen molar-refractivity contribution < 1.29 is 28.2 Å². The molecular formula is C14H17F2NO4. The summed E-state index contributed by atoms with van der Waals surface area (Å²) in [6.45, 7) is 3.10. The molecule has 1 saturated heterocycles. The Hall–Kier alpha value is -1.73. The largest absolute Gasteiger partial charge is 0.503 e. The van der Waals surface area contributed by atoms with Crippen molar-refractivity contribution in [3.8, 4) is 5.75 Å². The Morgan fingerprint density at radius 1 is 1.52 bits per heavy atom. The van der Waals surface area contributed by atoms with Crippen LogP contribution in [0.3, 0.4) is 0 Å². The molecule has 2 atom stereocenters. The number of ether oxygens (including phenoxy) is 2. The van der Waals surface area contributed by atoms with Crippen LogP contribution in [0.5, 0.6) is 5.75 Å². The number of benzene rings is 1. The first kappa shape index (κ1) is 15.7. The molecule has 2 rings (SSSR count). The van der Waals surface area contributed by atoms with Crippen molar-refractivity contribution in [3.05, 3.63) is 29.3 Å². The van der Waals surface area contributed by atoms with Crippen LogP contribution in [-0.2, 0) is 9.47 Å². The van der Waals surface area contributed by atoms with Gasteiger partial charge in [-0.2, -0.15) is 0 Å². The standard InChI is InChI=1S/C14H17F2NO4/c1-2-21-11-7-20-6-5-10(11)17-14(19)8-3-4-9(15)13(18)12(8)16/h3-4,10-11,18H,2,5-7H2,1H3,(H,17,19). The second-order valence-electron chi connectivity index (χ2n) is 4.69. The van der Waals surface area contributed by atoms with Crippen molar-refractivity contribution >= 4 is 5.91 Å². The van der Waals surface area contributed by atoms with Gasteiger partial charge in [-0.1, -0.05) is 0 Å². The van der Waals surface area contributed by atoms with Gasteiger partial charge in [-0.05, 0) is 25.5 Å². The quantitative estimate of drug-likeness (QED) is 0.886. The van der Waals surface area contributed by atoms with Crippen LogP contribution in [0.25, 0.3) is 0 Å². The SMILES string of the molecule is CCOC1COCCC1NC(=O)c1ccc(F)c(O)c1F. The van der Waals surface area contributed by atoms with Crippen molar-refractivity contribution in [2.45, 2.75) is 25.5 Å². The molecular weight excluding hydrogens is 284 g/mol. The fourth-order valence-corrected chi connectivity index (χ4v) is 2.22. The summed E-state index contributed by atoms with van der Waals surface area (Å²) in [4.78, 5) is 12.1. The number of nitrogens with one attached hydrogen (secondary N) is 1. The third-order valence-corrected chi connectivity index (χ3v) is 3.31. The van der Waals surface area contributed by atoms with Gasteiger partial charge >= 0.3 is 0 Å². The summed E-state index contributed by atoms with van der Waals surface area (Å²) in [6.07, 6.45) is 0.218. The van der Waals surface area contributed by atoms with Crippen molar-refractivity contribution in [2.24, 2.45) is 0 Å². The van der Waals surface area contributed by atoms with Gasteiger partial charge in [0.05, 0.1) is 18.2 Å². The van der Waals surface area contributed by atoms with E-state index in [2.05, 4.69) is 5.32 Å². The van der Waals surface area contributed by atoms with Gasteiger partial charge in [0.2, 0.25) is 0 Å². The minimum absolute atomic E-state index is 0.315. The predicted octanol–water partition coefficient (Wildman–Crippen LogP) is 1.59. The summed E-state index contributed by atoms with van der Waals surface area (Å²) in [5, 5.41) is 11.8. The van der Waals surface area contributed by atoms with Gasteiger partial charge < -0.3 is 19.9 Å². The highest BCUT2D eigenvalue weighted by Gasteiger charge is 2.29. The zero-order valence-corrected chi connectivity index (χ0v) is 11.6. The maximum atomic E-state index is 13.7. The van der Waals surface area contributed by atoms with Crippen molar-refractivity contribution in [1.29, 1.82) is 0 Å². The summed E-state index contributed by atoms with van der Waals surface area (Å²) in [7, 11) is 0. The number of phenols is 1. The summed E-state index contributed by atoms with van der Waals surface area (Å²) in [5.41, 5.74) is -0.407. The van der Waals surface area contributed by atoms with Gasteiger partial charge in [0.25, 0.3) is 5.91 Å². The van der Waals surface area contributed by atoms with E-state index >= 15 is 0 Å². The molecule has 1 aliphatic heterocycles. The molecule has 1 aromatic rings. The van der Waals surface area contributed by atoms with E-state index in [0.717, 1.165) is 12.1 Å². The molecule has 1 heterocycles. The van der Waals surface area contributed by atoms with E-state index < -0.39 is 28.9 Å². The van der Waals surface area contributed by atoms with Crippen LogP contribution < -0.4 is 5.32 Å². The normalized spacial score (nSPS) is 22.0. The first-order chi connectivity index (χ1) is 10.0. The third kappa shape index (κ3) is 3.48. The Morgan fingerprint density at radius 2 is 2.29 bits per heavy atom. The van der Waals surface area contributed by atoms with E-state index in [1.807, 2.05) is 6.92 Å². The van der Waals surface area contributed by atoms with Crippen molar-refractivity contribution in [3.63, 3.8) is 0 Å². The van der Waals surface area contributed by atoms with Crippen LogP contribution in [-0.4, -0.2) is 43.0 Å². The molecule has 0 aliphatic carbocycles. The first-order valence-electron chi connectivity index (χ1n) is 6.71. The van der Waals surface area contributed by atoms with E-state index in [0.29, 0.717) is 26.2 Å². The van der Waals surface area contributed by atoms with Gasteiger partial charge in [0.1, 0.15) is 6.10 Å². The summed E-state index contributed by atoms with van der Waals surface area (Å²) >= 11 is 0. The van der Waals surface area contributed by atoms with Crippen molar-refractivity contribution in [1.82, 2.24) is 5.32 Å². The minimum Gasteiger partial charge on any atom is -0.503 e. The zero-order chi connectivity index (χ0) is 15.4. The van der Waals surface area contributed by atoms with Gasteiger partial charge in [-0.25, -0.2) is 8.78 Å². The molecule has 7 heteroatoms. The van der Waals surface area contributed by atoms with E-state index in [9.17, 15) is 18.7 Å². The molecule has 2 N–H and O–H groups in total. The minimum atomic E-state index is -1.27. The molecule has 0 saturated carbocycles.